The average molecular weight is 355 g/mol. The lowest BCUT2D eigenvalue weighted by Crippen LogP contribution is -2.41. The molecule has 4 rings (SSSR count). The number of pyridine rings is 1. The molecule has 4 heterocycles. The van der Waals surface area contributed by atoms with Crippen LogP contribution in [0.4, 0.5) is 0 Å². The van der Waals surface area contributed by atoms with E-state index in [0.717, 1.165) is 37.1 Å². The number of likely N-dealkylation sites (tertiary alicyclic amines) is 1. The van der Waals surface area contributed by atoms with Crippen molar-refractivity contribution >= 4 is 28.4 Å². The zero-order valence-electron chi connectivity index (χ0n) is 14.0. The first-order valence-electron chi connectivity index (χ1n) is 8.58. The number of piperidine rings is 1. The molecule has 0 aromatic carbocycles. The number of aromatic nitrogens is 3. The number of rotatable bonds is 5. The number of fused-ring (bicyclic) bond motifs is 1. The second-order valence-electron chi connectivity index (χ2n) is 6.36. The minimum Gasteiger partial charge on any atom is -0.350 e. The van der Waals surface area contributed by atoms with Crippen molar-refractivity contribution in [1.82, 2.24) is 24.8 Å². The Morgan fingerprint density at radius 2 is 2.12 bits per heavy atom. The van der Waals surface area contributed by atoms with Gasteiger partial charge in [0.15, 0.2) is 5.65 Å². The maximum atomic E-state index is 12.1. The van der Waals surface area contributed by atoms with E-state index in [1.807, 2.05) is 42.2 Å². The van der Waals surface area contributed by atoms with E-state index in [1.54, 1.807) is 11.3 Å². The van der Waals surface area contributed by atoms with Crippen molar-refractivity contribution < 1.29 is 4.79 Å². The summed E-state index contributed by atoms with van der Waals surface area (Å²) in [6.07, 6.45) is 5.74. The molecule has 0 aliphatic carbocycles. The van der Waals surface area contributed by atoms with Gasteiger partial charge in [-0.3, -0.25) is 9.69 Å². The highest BCUT2D eigenvalue weighted by Gasteiger charge is 2.23. The van der Waals surface area contributed by atoms with Crippen LogP contribution in [0.3, 0.4) is 0 Å². The van der Waals surface area contributed by atoms with Crippen molar-refractivity contribution in [1.29, 1.82) is 0 Å². The van der Waals surface area contributed by atoms with Gasteiger partial charge in [-0.15, -0.1) is 11.3 Å². The molecule has 1 saturated heterocycles. The Bertz CT molecular complexity index is 836. The van der Waals surface area contributed by atoms with Gasteiger partial charge in [0.1, 0.15) is 5.52 Å². The van der Waals surface area contributed by atoms with Crippen LogP contribution in [0.15, 0.2) is 42.2 Å². The Hall–Kier alpha value is -2.25. The zero-order chi connectivity index (χ0) is 17.1. The Labute approximate surface area is 150 Å². The molecule has 0 unspecified atom stereocenters. The van der Waals surface area contributed by atoms with Crippen LogP contribution in [-0.4, -0.2) is 45.0 Å². The number of thiophene rings is 1. The molecule has 1 fully saturated rings. The highest BCUT2D eigenvalue weighted by molar-refractivity contribution is 7.09. The lowest BCUT2D eigenvalue weighted by molar-refractivity contribution is -0.122. The van der Waals surface area contributed by atoms with Crippen molar-refractivity contribution in [3.05, 3.63) is 47.0 Å². The molecule has 25 heavy (non-hydrogen) atoms. The van der Waals surface area contributed by atoms with Crippen LogP contribution in [0.25, 0.3) is 11.2 Å². The van der Waals surface area contributed by atoms with Gasteiger partial charge in [0.05, 0.1) is 19.4 Å². The summed E-state index contributed by atoms with van der Waals surface area (Å²) in [5.74, 6) is 0.0987. The third kappa shape index (κ3) is 3.72. The second-order valence-corrected chi connectivity index (χ2v) is 7.39. The molecule has 3 aromatic rings. The van der Waals surface area contributed by atoms with Gasteiger partial charge in [-0.05, 0) is 36.4 Å². The van der Waals surface area contributed by atoms with Crippen LogP contribution in [0.2, 0.25) is 0 Å². The predicted octanol–water partition coefficient (Wildman–Crippen LogP) is 2.45. The summed E-state index contributed by atoms with van der Waals surface area (Å²) in [7, 11) is 0. The van der Waals surface area contributed by atoms with Crippen molar-refractivity contribution in [3.8, 4) is 0 Å². The molecule has 0 saturated carbocycles. The van der Waals surface area contributed by atoms with Gasteiger partial charge in [-0.2, -0.15) is 0 Å². The molecule has 1 aliphatic heterocycles. The maximum absolute atomic E-state index is 12.1. The van der Waals surface area contributed by atoms with Crippen molar-refractivity contribution in [2.75, 3.05) is 19.6 Å². The van der Waals surface area contributed by atoms with E-state index >= 15 is 0 Å². The van der Waals surface area contributed by atoms with E-state index in [2.05, 4.69) is 24.8 Å². The molecule has 130 valence electrons. The van der Waals surface area contributed by atoms with Crippen molar-refractivity contribution in [3.63, 3.8) is 0 Å². The molecule has 1 amide bonds. The van der Waals surface area contributed by atoms with Crippen LogP contribution in [0, 0.1) is 0 Å². The van der Waals surface area contributed by atoms with Gasteiger partial charge in [-0.25, -0.2) is 9.97 Å². The monoisotopic (exact) mass is 355 g/mol. The first-order valence-corrected chi connectivity index (χ1v) is 9.46. The van der Waals surface area contributed by atoms with E-state index in [9.17, 15) is 4.79 Å². The Balaban J connectivity index is 1.29. The number of nitrogens with one attached hydrogen (secondary N) is 1. The molecular formula is C18H21N5OS. The van der Waals surface area contributed by atoms with Crippen LogP contribution in [-0.2, 0) is 11.3 Å². The summed E-state index contributed by atoms with van der Waals surface area (Å²) < 4.78 is 2.18. The smallest absolute Gasteiger partial charge is 0.234 e. The van der Waals surface area contributed by atoms with E-state index < -0.39 is 0 Å². The van der Waals surface area contributed by atoms with Gasteiger partial charge in [0.25, 0.3) is 0 Å². The van der Waals surface area contributed by atoms with Gasteiger partial charge in [0.2, 0.25) is 5.91 Å². The number of hydrogen-bond donors (Lipinski definition) is 1. The minimum absolute atomic E-state index is 0.0987. The summed E-state index contributed by atoms with van der Waals surface area (Å²) in [6.45, 7) is 2.94. The molecular weight excluding hydrogens is 334 g/mol. The number of carbonyl (C=O) groups is 1. The highest BCUT2D eigenvalue weighted by Crippen LogP contribution is 2.25. The molecule has 3 aromatic heterocycles. The molecule has 7 heteroatoms. The van der Waals surface area contributed by atoms with Crippen LogP contribution in [0.1, 0.15) is 23.8 Å². The topological polar surface area (TPSA) is 63.1 Å². The first kappa shape index (κ1) is 16.2. The fraction of sp³-hybridized carbons (Fsp3) is 0.389. The quantitative estimate of drug-likeness (QED) is 0.764. The molecule has 0 spiro atoms. The van der Waals surface area contributed by atoms with E-state index in [1.165, 1.54) is 4.88 Å². The fourth-order valence-corrected chi connectivity index (χ4v) is 3.99. The summed E-state index contributed by atoms with van der Waals surface area (Å²) in [5, 5.41) is 5.03. The molecule has 0 radical (unpaired) electrons. The van der Waals surface area contributed by atoms with Crippen LogP contribution >= 0.6 is 11.3 Å². The lowest BCUT2D eigenvalue weighted by Gasteiger charge is -2.32. The first-order chi connectivity index (χ1) is 12.3. The average Bonchev–Trinajstić information content (AvgIpc) is 3.30. The summed E-state index contributed by atoms with van der Waals surface area (Å²) >= 11 is 1.67. The molecule has 6 nitrogen and oxygen atoms in total. The molecule has 1 aliphatic rings. The van der Waals surface area contributed by atoms with Crippen LogP contribution < -0.4 is 5.32 Å². The van der Waals surface area contributed by atoms with Crippen molar-refractivity contribution in [2.45, 2.75) is 25.4 Å². The highest BCUT2D eigenvalue weighted by atomic mass is 32.1. The van der Waals surface area contributed by atoms with E-state index in [4.69, 9.17) is 0 Å². The van der Waals surface area contributed by atoms with E-state index in [0.29, 0.717) is 19.1 Å². The molecule has 0 atom stereocenters. The second kappa shape index (κ2) is 7.33. The molecule has 0 bridgehead atoms. The third-order valence-corrected chi connectivity index (χ3v) is 5.57. The maximum Gasteiger partial charge on any atom is 0.234 e. The molecule has 1 N–H and O–H groups in total. The third-order valence-electron chi connectivity index (χ3n) is 4.69. The SMILES string of the molecule is O=C(CN1CCC(n2cnc3cccnc32)CC1)NCc1cccs1. The standard InChI is InChI=1S/C18H21N5OS/c24-17(20-11-15-3-2-10-25-15)12-22-8-5-14(6-9-22)23-13-21-16-4-1-7-19-18(16)23/h1-4,7,10,13-14H,5-6,8-9,11-12H2,(H,20,24). The van der Waals surface area contributed by atoms with Gasteiger partial charge >= 0.3 is 0 Å². The Morgan fingerprint density at radius 1 is 1.24 bits per heavy atom. The number of nitrogens with zero attached hydrogens (tertiary/aromatic N) is 4. The minimum atomic E-state index is 0.0987. The van der Waals surface area contributed by atoms with Gasteiger partial charge in [0, 0.05) is 30.2 Å². The summed E-state index contributed by atoms with van der Waals surface area (Å²) in [6, 6.07) is 8.36. The summed E-state index contributed by atoms with van der Waals surface area (Å²) in [4.78, 5) is 24.4. The largest absolute Gasteiger partial charge is 0.350 e. The number of imidazole rings is 1. The van der Waals surface area contributed by atoms with Gasteiger partial charge in [-0.1, -0.05) is 6.07 Å². The number of hydrogen-bond acceptors (Lipinski definition) is 5. The number of carbonyl (C=O) groups excluding carboxylic acids is 1. The van der Waals surface area contributed by atoms with Crippen molar-refractivity contribution in [2.24, 2.45) is 0 Å². The summed E-state index contributed by atoms with van der Waals surface area (Å²) in [5.41, 5.74) is 1.90. The Morgan fingerprint density at radius 3 is 2.92 bits per heavy atom. The predicted molar refractivity (Wildman–Crippen MR) is 98.4 cm³/mol. The van der Waals surface area contributed by atoms with E-state index in [-0.39, 0.29) is 5.91 Å². The van der Waals surface area contributed by atoms with Gasteiger partial charge < -0.3 is 9.88 Å². The lowest BCUT2D eigenvalue weighted by atomic mass is 10.0. The fourth-order valence-electron chi connectivity index (χ4n) is 3.35. The normalized spacial score (nSPS) is 16.3. The zero-order valence-corrected chi connectivity index (χ0v) is 14.8. The Kier molecular flexibility index (Phi) is 4.76. The number of amides is 1. The van der Waals surface area contributed by atoms with Crippen LogP contribution in [0.5, 0.6) is 0 Å².